The minimum absolute atomic E-state index is 0.169. The Morgan fingerprint density at radius 2 is 1.81 bits per heavy atom. The van der Waals surface area contributed by atoms with E-state index in [1.165, 1.54) is 27.6 Å². The molecule has 0 amide bonds. The smallest absolute Gasteiger partial charge is 0.0702 e. The van der Waals surface area contributed by atoms with Gasteiger partial charge in [-0.2, -0.15) is 0 Å². The number of fused-ring (bicyclic) bond motifs is 1. The molecule has 2 nitrogen and oxygen atoms in total. The third-order valence-corrected chi connectivity index (χ3v) is 4.19. The average molecular weight is 276 g/mol. The monoisotopic (exact) mass is 276 g/mol. The number of para-hydroxylation sites is 1. The summed E-state index contributed by atoms with van der Waals surface area (Å²) in [5.41, 5.74) is 6.21. The summed E-state index contributed by atoms with van der Waals surface area (Å²) in [4.78, 5) is 4.59. The number of benzene rings is 2. The topological polar surface area (TPSA) is 24.9 Å². The van der Waals surface area contributed by atoms with E-state index in [2.05, 4.69) is 60.5 Å². The Morgan fingerprint density at radius 3 is 2.62 bits per heavy atom. The molecule has 3 aromatic rings. The lowest BCUT2D eigenvalue weighted by Crippen LogP contribution is -2.19. The van der Waals surface area contributed by atoms with Crippen LogP contribution in [-0.2, 0) is 0 Å². The van der Waals surface area contributed by atoms with Crippen LogP contribution in [0.1, 0.15) is 28.3 Å². The molecule has 0 fully saturated rings. The summed E-state index contributed by atoms with van der Waals surface area (Å²) in [6, 6.07) is 17.1. The lowest BCUT2D eigenvalue weighted by Gasteiger charge is -2.20. The van der Waals surface area contributed by atoms with E-state index >= 15 is 0 Å². The summed E-state index contributed by atoms with van der Waals surface area (Å²) in [5.74, 6) is 0. The molecule has 0 saturated heterocycles. The van der Waals surface area contributed by atoms with Gasteiger partial charge in [-0.3, -0.25) is 4.98 Å². The Balaban J connectivity index is 2.11. The van der Waals surface area contributed by atoms with Crippen LogP contribution < -0.4 is 5.32 Å². The molecule has 0 aliphatic heterocycles. The number of pyridine rings is 1. The van der Waals surface area contributed by atoms with Crippen molar-refractivity contribution in [2.45, 2.75) is 19.9 Å². The highest BCUT2D eigenvalue weighted by molar-refractivity contribution is 5.79. The predicted octanol–water partition coefficient (Wildman–Crippen LogP) is 4.16. The van der Waals surface area contributed by atoms with Crippen LogP contribution in [0.25, 0.3) is 10.9 Å². The van der Waals surface area contributed by atoms with Crippen molar-refractivity contribution in [1.82, 2.24) is 10.3 Å². The van der Waals surface area contributed by atoms with Gasteiger partial charge in [0, 0.05) is 11.6 Å². The largest absolute Gasteiger partial charge is 0.309 e. The molecule has 1 aromatic heterocycles. The van der Waals surface area contributed by atoms with Crippen molar-refractivity contribution in [2.24, 2.45) is 0 Å². The average Bonchev–Trinajstić information content (AvgIpc) is 2.52. The normalized spacial score (nSPS) is 12.5. The first-order valence-corrected chi connectivity index (χ1v) is 7.29. The Hall–Kier alpha value is -2.19. The van der Waals surface area contributed by atoms with Gasteiger partial charge < -0.3 is 5.32 Å². The molecule has 0 aliphatic rings. The van der Waals surface area contributed by atoms with Gasteiger partial charge in [0.2, 0.25) is 0 Å². The Morgan fingerprint density at radius 1 is 1.00 bits per heavy atom. The van der Waals surface area contributed by atoms with E-state index in [1.807, 2.05) is 25.4 Å². The summed E-state index contributed by atoms with van der Waals surface area (Å²) in [5, 5.41) is 4.61. The number of nitrogens with zero attached hydrogens (tertiary/aromatic N) is 1. The SMILES string of the molecule is CNC(c1cnc2ccccc2c1)c1cccc(C)c1C. The molecule has 2 aromatic carbocycles. The van der Waals surface area contributed by atoms with Gasteiger partial charge in [-0.05, 0) is 55.3 Å². The zero-order chi connectivity index (χ0) is 14.8. The van der Waals surface area contributed by atoms with Crippen LogP contribution >= 0.6 is 0 Å². The molecule has 1 atom stereocenters. The maximum atomic E-state index is 4.59. The van der Waals surface area contributed by atoms with Gasteiger partial charge >= 0.3 is 0 Å². The van der Waals surface area contributed by atoms with E-state index in [1.54, 1.807) is 0 Å². The number of hydrogen-bond acceptors (Lipinski definition) is 2. The number of hydrogen-bond donors (Lipinski definition) is 1. The highest BCUT2D eigenvalue weighted by Gasteiger charge is 2.15. The fourth-order valence-electron chi connectivity index (χ4n) is 2.83. The Labute approximate surface area is 125 Å². The summed E-state index contributed by atoms with van der Waals surface area (Å²) in [6.07, 6.45) is 1.98. The molecule has 2 heteroatoms. The summed E-state index contributed by atoms with van der Waals surface area (Å²) >= 11 is 0. The van der Waals surface area contributed by atoms with Crippen molar-refractivity contribution < 1.29 is 0 Å². The van der Waals surface area contributed by atoms with E-state index in [-0.39, 0.29) is 6.04 Å². The van der Waals surface area contributed by atoms with Crippen LogP contribution in [0.3, 0.4) is 0 Å². The number of aryl methyl sites for hydroxylation is 1. The molecule has 0 saturated carbocycles. The standard InChI is InChI=1S/C19H20N2/c1-13-7-6-9-17(14(13)2)19(20-3)16-11-15-8-4-5-10-18(15)21-12-16/h4-12,19-20H,1-3H3. The van der Waals surface area contributed by atoms with Crippen LogP contribution in [0.4, 0.5) is 0 Å². The van der Waals surface area contributed by atoms with Gasteiger partial charge in [-0.1, -0.05) is 36.4 Å². The molecule has 1 N–H and O–H groups in total. The predicted molar refractivity (Wildman–Crippen MR) is 88.6 cm³/mol. The quantitative estimate of drug-likeness (QED) is 0.777. The first kappa shape index (κ1) is 13.8. The number of aromatic nitrogens is 1. The van der Waals surface area contributed by atoms with Crippen molar-refractivity contribution in [2.75, 3.05) is 7.05 Å². The Bertz CT molecular complexity index is 777. The van der Waals surface area contributed by atoms with Crippen LogP contribution in [-0.4, -0.2) is 12.0 Å². The maximum absolute atomic E-state index is 4.59. The minimum atomic E-state index is 0.169. The third-order valence-electron chi connectivity index (χ3n) is 4.19. The van der Waals surface area contributed by atoms with E-state index in [0.29, 0.717) is 0 Å². The second-order valence-corrected chi connectivity index (χ2v) is 5.47. The van der Waals surface area contributed by atoms with Crippen molar-refractivity contribution in [3.63, 3.8) is 0 Å². The molecule has 106 valence electrons. The van der Waals surface area contributed by atoms with Crippen LogP contribution in [0.5, 0.6) is 0 Å². The zero-order valence-electron chi connectivity index (χ0n) is 12.7. The van der Waals surface area contributed by atoms with Gasteiger partial charge in [0.15, 0.2) is 0 Å². The number of rotatable bonds is 3. The molecule has 1 heterocycles. The molecule has 0 spiro atoms. The van der Waals surface area contributed by atoms with E-state index < -0.39 is 0 Å². The Kier molecular flexibility index (Phi) is 3.72. The minimum Gasteiger partial charge on any atom is -0.309 e. The summed E-state index contributed by atoms with van der Waals surface area (Å²) in [6.45, 7) is 4.34. The first-order chi connectivity index (χ1) is 10.2. The molecular formula is C19H20N2. The molecule has 21 heavy (non-hydrogen) atoms. The van der Waals surface area contributed by atoms with Crippen LogP contribution in [0.2, 0.25) is 0 Å². The maximum Gasteiger partial charge on any atom is 0.0702 e. The highest BCUT2D eigenvalue weighted by Crippen LogP contribution is 2.27. The summed E-state index contributed by atoms with van der Waals surface area (Å²) in [7, 11) is 2.00. The lowest BCUT2D eigenvalue weighted by atomic mass is 9.93. The highest BCUT2D eigenvalue weighted by atomic mass is 14.9. The van der Waals surface area contributed by atoms with Gasteiger partial charge in [0.25, 0.3) is 0 Å². The van der Waals surface area contributed by atoms with E-state index in [0.717, 1.165) is 5.52 Å². The van der Waals surface area contributed by atoms with E-state index in [4.69, 9.17) is 0 Å². The molecule has 0 aliphatic carbocycles. The second-order valence-electron chi connectivity index (χ2n) is 5.47. The van der Waals surface area contributed by atoms with Crippen molar-refractivity contribution in [1.29, 1.82) is 0 Å². The zero-order valence-corrected chi connectivity index (χ0v) is 12.7. The molecule has 1 unspecified atom stereocenters. The summed E-state index contributed by atoms with van der Waals surface area (Å²) < 4.78 is 0. The van der Waals surface area contributed by atoms with Crippen LogP contribution in [0.15, 0.2) is 54.7 Å². The van der Waals surface area contributed by atoms with Crippen molar-refractivity contribution in [3.05, 3.63) is 77.0 Å². The second kappa shape index (κ2) is 5.66. The molecular weight excluding hydrogens is 256 g/mol. The van der Waals surface area contributed by atoms with Gasteiger partial charge in [0.1, 0.15) is 0 Å². The van der Waals surface area contributed by atoms with Gasteiger partial charge in [0.05, 0.1) is 11.6 Å². The molecule has 3 rings (SSSR count). The number of nitrogens with one attached hydrogen (secondary N) is 1. The van der Waals surface area contributed by atoms with Crippen molar-refractivity contribution >= 4 is 10.9 Å². The lowest BCUT2D eigenvalue weighted by molar-refractivity contribution is 0.685. The molecule has 0 radical (unpaired) electrons. The fraction of sp³-hybridized carbons (Fsp3) is 0.211. The fourth-order valence-corrected chi connectivity index (χ4v) is 2.83. The van der Waals surface area contributed by atoms with E-state index in [9.17, 15) is 0 Å². The third kappa shape index (κ3) is 2.55. The van der Waals surface area contributed by atoms with Crippen LogP contribution in [0, 0.1) is 13.8 Å². The first-order valence-electron chi connectivity index (χ1n) is 7.29. The van der Waals surface area contributed by atoms with Crippen molar-refractivity contribution in [3.8, 4) is 0 Å². The van der Waals surface area contributed by atoms with Gasteiger partial charge in [-0.25, -0.2) is 0 Å². The van der Waals surface area contributed by atoms with Gasteiger partial charge in [-0.15, -0.1) is 0 Å². The molecule has 0 bridgehead atoms.